The maximum atomic E-state index is 13.2. The molecule has 63 heavy (non-hydrogen) atoms. The minimum atomic E-state index is -0.793. The number of amides is 1. The molecule has 0 aliphatic carbocycles. The van der Waals surface area contributed by atoms with Crippen LogP contribution in [0, 0.1) is 0 Å². The highest BCUT2D eigenvalue weighted by atomic mass is 16.5. The quantitative estimate of drug-likeness (QED) is 0.0245. The second-order valence-corrected chi connectivity index (χ2v) is 19.0. The largest absolute Gasteiger partial charge is 0.462 e. The van der Waals surface area contributed by atoms with Gasteiger partial charge in [0.25, 0.3) is 0 Å². The molecule has 0 aromatic carbocycles. The Labute approximate surface area is 392 Å². The van der Waals surface area contributed by atoms with Gasteiger partial charge in [-0.15, -0.1) is 0 Å². The summed E-state index contributed by atoms with van der Waals surface area (Å²) in [6.07, 6.45) is 60.7. The summed E-state index contributed by atoms with van der Waals surface area (Å²) in [6.45, 7) is 6.47. The maximum Gasteiger partial charge on any atom is 0.306 e. The molecule has 0 spiro atoms. The molecule has 0 radical (unpaired) electrons. The van der Waals surface area contributed by atoms with Gasteiger partial charge in [-0.05, 0) is 77.0 Å². The molecule has 0 aromatic rings. The van der Waals surface area contributed by atoms with E-state index in [0.29, 0.717) is 19.3 Å². The number of allylic oxidation sites excluding steroid dienone is 6. The number of aliphatic hydroxyl groups is 2. The minimum Gasteiger partial charge on any atom is -0.462 e. The Morgan fingerprint density at radius 1 is 0.460 bits per heavy atom. The number of hydrogen-bond donors (Lipinski definition) is 3. The van der Waals surface area contributed by atoms with Crippen molar-refractivity contribution in [3.05, 3.63) is 36.5 Å². The van der Waals surface area contributed by atoms with Crippen LogP contribution < -0.4 is 5.32 Å². The van der Waals surface area contributed by atoms with Crippen molar-refractivity contribution in [1.82, 2.24) is 5.32 Å². The molecule has 0 heterocycles. The summed E-state index contributed by atoms with van der Waals surface area (Å²) >= 11 is 0. The van der Waals surface area contributed by atoms with E-state index in [1.165, 1.54) is 161 Å². The van der Waals surface area contributed by atoms with E-state index < -0.39 is 18.2 Å². The smallest absolute Gasteiger partial charge is 0.306 e. The molecule has 3 unspecified atom stereocenters. The zero-order chi connectivity index (χ0) is 45.9. The Morgan fingerprint density at radius 2 is 0.810 bits per heavy atom. The van der Waals surface area contributed by atoms with Gasteiger partial charge in [-0.2, -0.15) is 0 Å². The van der Waals surface area contributed by atoms with Gasteiger partial charge in [0.2, 0.25) is 5.91 Å². The Morgan fingerprint density at radius 3 is 1.27 bits per heavy atom. The first kappa shape index (κ1) is 61.1. The van der Waals surface area contributed by atoms with E-state index in [0.717, 1.165) is 83.5 Å². The number of rotatable bonds is 50. The van der Waals surface area contributed by atoms with E-state index in [4.69, 9.17) is 4.74 Å². The third-order valence-electron chi connectivity index (χ3n) is 12.7. The number of unbranched alkanes of at least 4 members (excludes halogenated alkanes) is 33. The molecule has 6 nitrogen and oxygen atoms in total. The zero-order valence-corrected chi connectivity index (χ0v) is 42.2. The molecule has 0 bridgehead atoms. The van der Waals surface area contributed by atoms with Gasteiger partial charge < -0.3 is 20.3 Å². The molecule has 1 amide bonds. The van der Waals surface area contributed by atoms with Crippen LogP contribution in [0.25, 0.3) is 0 Å². The minimum absolute atomic E-state index is 0.0627. The van der Waals surface area contributed by atoms with Crippen molar-refractivity contribution in [1.29, 1.82) is 0 Å². The van der Waals surface area contributed by atoms with Gasteiger partial charge in [-0.3, -0.25) is 9.59 Å². The number of carbonyl (C=O) groups excluding carboxylic acids is 2. The zero-order valence-electron chi connectivity index (χ0n) is 42.2. The van der Waals surface area contributed by atoms with Crippen molar-refractivity contribution >= 4 is 11.9 Å². The topological polar surface area (TPSA) is 95.9 Å². The second-order valence-electron chi connectivity index (χ2n) is 19.0. The molecule has 6 heteroatoms. The Hall–Kier alpha value is -1.92. The van der Waals surface area contributed by atoms with Gasteiger partial charge in [0.05, 0.1) is 25.2 Å². The normalized spacial score (nSPS) is 13.4. The third kappa shape index (κ3) is 46.4. The van der Waals surface area contributed by atoms with Gasteiger partial charge in [0, 0.05) is 6.42 Å². The van der Waals surface area contributed by atoms with Crippen LogP contribution in [-0.2, 0) is 14.3 Å². The van der Waals surface area contributed by atoms with Gasteiger partial charge in [0.15, 0.2) is 0 Å². The molecule has 3 atom stereocenters. The first-order valence-electron chi connectivity index (χ1n) is 27.7. The molecule has 0 rings (SSSR count). The van der Waals surface area contributed by atoms with E-state index in [-0.39, 0.29) is 24.9 Å². The maximum absolute atomic E-state index is 13.2. The number of esters is 1. The van der Waals surface area contributed by atoms with Crippen molar-refractivity contribution < 1.29 is 24.5 Å². The van der Waals surface area contributed by atoms with Crippen molar-refractivity contribution in [3.8, 4) is 0 Å². The predicted octanol–water partition coefficient (Wildman–Crippen LogP) is 16.8. The first-order valence-corrected chi connectivity index (χ1v) is 27.7. The molecule has 0 aromatic heterocycles. The number of carbonyl (C=O) groups is 2. The van der Waals surface area contributed by atoms with Gasteiger partial charge >= 0.3 is 5.97 Å². The van der Waals surface area contributed by atoms with E-state index in [1.807, 2.05) is 0 Å². The highest BCUT2D eigenvalue weighted by molar-refractivity contribution is 5.77. The second kappa shape index (κ2) is 51.1. The fourth-order valence-electron chi connectivity index (χ4n) is 8.48. The first-order chi connectivity index (χ1) is 31.0. The summed E-state index contributed by atoms with van der Waals surface area (Å²) in [5, 5.41) is 23.8. The summed E-state index contributed by atoms with van der Waals surface area (Å²) in [5.74, 6) is -0.498. The standard InChI is InChI=1S/C57H107NO5/c1-4-7-10-13-16-19-22-24-26-28-29-31-33-35-38-41-44-47-50-57(62)63-53(48-45-42-39-36-21-18-15-12-9-6-3)51-56(61)58-54(52-59)55(60)49-46-43-40-37-34-32-30-27-25-23-20-17-14-11-8-5-2/h18,21,26,28-29,31,53-55,59-60H,4-17,19-20,22-25,27,30,32-52H2,1-3H3,(H,58,61)/b21-18-,28-26+,31-29+. The van der Waals surface area contributed by atoms with Crippen LogP contribution in [0.15, 0.2) is 36.5 Å². The van der Waals surface area contributed by atoms with E-state index in [1.54, 1.807) is 0 Å². The Bertz CT molecular complexity index is 1040. The Balaban J connectivity index is 4.46. The average molecular weight is 886 g/mol. The summed E-state index contributed by atoms with van der Waals surface area (Å²) in [6, 6.07) is -0.707. The molecule has 0 aliphatic heterocycles. The van der Waals surface area contributed by atoms with Crippen LogP contribution in [0.4, 0.5) is 0 Å². The van der Waals surface area contributed by atoms with Gasteiger partial charge in [0.1, 0.15) is 6.10 Å². The van der Waals surface area contributed by atoms with Crippen molar-refractivity contribution in [2.45, 2.75) is 309 Å². The third-order valence-corrected chi connectivity index (χ3v) is 12.7. The molecule has 0 fully saturated rings. The summed E-state index contributed by atoms with van der Waals surface area (Å²) < 4.78 is 5.92. The lowest BCUT2D eigenvalue weighted by Crippen LogP contribution is -2.46. The molecule has 370 valence electrons. The van der Waals surface area contributed by atoms with Crippen molar-refractivity contribution in [3.63, 3.8) is 0 Å². The van der Waals surface area contributed by atoms with Gasteiger partial charge in [-0.25, -0.2) is 0 Å². The van der Waals surface area contributed by atoms with E-state index >= 15 is 0 Å². The summed E-state index contributed by atoms with van der Waals surface area (Å²) in [4.78, 5) is 26.2. The Kier molecular flexibility index (Phi) is 49.5. The highest BCUT2D eigenvalue weighted by Crippen LogP contribution is 2.18. The number of hydrogen-bond acceptors (Lipinski definition) is 5. The SMILES string of the molecule is CCCCC/C=C\CCCCCC(CC(=O)NC(CO)C(O)CCCCCCCCCCCCCCCCCC)OC(=O)CCCCCCC/C=C/C=C/CCCCCCCCC. The van der Waals surface area contributed by atoms with Crippen LogP contribution >= 0.6 is 0 Å². The summed E-state index contributed by atoms with van der Waals surface area (Å²) in [5.41, 5.74) is 0. The van der Waals surface area contributed by atoms with Crippen molar-refractivity contribution in [2.24, 2.45) is 0 Å². The summed E-state index contributed by atoms with van der Waals surface area (Å²) in [7, 11) is 0. The molecule has 3 N–H and O–H groups in total. The van der Waals surface area contributed by atoms with Crippen LogP contribution in [-0.4, -0.2) is 46.9 Å². The van der Waals surface area contributed by atoms with Crippen LogP contribution in [0.3, 0.4) is 0 Å². The van der Waals surface area contributed by atoms with Crippen LogP contribution in [0.5, 0.6) is 0 Å². The van der Waals surface area contributed by atoms with Crippen LogP contribution in [0.2, 0.25) is 0 Å². The van der Waals surface area contributed by atoms with E-state index in [2.05, 4.69) is 62.5 Å². The fourth-order valence-corrected chi connectivity index (χ4v) is 8.48. The fraction of sp³-hybridized carbons (Fsp3) is 0.860. The lowest BCUT2D eigenvalue weighted by atomic mass is 10.0. The highest BCUT2D eigenvalue weighted by Gasteiger charge is 2.24. The molecule has 0 saturated heterocycles. The van der Waals surface area contributed by atoms with E-state index in [9.17, 15) is 19.8 Å². The lowest BCUT2D eigenvalue weighted by molar-refractivity contribution is -0.151. The molecular weight excluding hydrogens is 779 g/mol. The molecule has 0 aliphatic rings. The average Bonchev–Trinajstić information content (AvgIpc) is 3.28. The number of ether oxygens (including phenoxy) is 1. The molecule has 0 saturated carbocycles. The van der Waals surface area contributed by atoms with Gasteiger partial charge in [-0.1, -0.05) is 237 Å². The monoisotopic (exact) mass is 886 g/mol. The number of nitrogens with one attached hydrogen (secondary N) is 1. The molecular formula is C57H107NO5. The predicted molar refractivity (Wildman–Crippen MR) is 273 cm³/mol. The van der Waals surface area contributed by atoms with Crippen molar-refractivity contribution in [2.75, 3.05) is 6.61 Å². The lowest BCUT2D eigenvalue weighted by Gasteiger charge is -2.24. The number of aliphatic hydroxyl groups excluding tert-OH is 2. The van der Waals surface area contributed by atoms with Crippen LogP contribution in [0.1, 0.15) is 290 Å².